The molecule has 1 rings (SSSR count). The van der Waals surface area contributed by atoms with Crippen LogP contribution in [0.15, 0.2) is 12.3 Å². The summed E-state index contributed by atoms with van der Waals surface area (Å²) in [5.74, 6) is 0.668. The van der Waals surface area contributed by atoms with Gasteiger partial charge in [0.15, 0.2) is 0 Å². The van der Waals surface area contributed by atoms with Gasteiger partial charge in [0.2, 0.25) is 5.88 Å². The largest absolute Gasteiger partial charge is 0.481 e. The summed E-state index contributed by atoms with van der Waals surface area (Å²) in [6.45, 7) is 2.04. The second kappa shape index (κ2) is 3.23. The maximum Gasteiger partial charge on any atom is 0.216 e. The number of rotatable bonds is 2. The predicted molar refractivity (Wildman–Crippen MR) is 44.6 cm³/mol. The highest BCUT2D eigenvalue weighted by atomic mass is 16.5. The Hall–Kier alpha value is -1.25. The molecule has 0 spiro atoms. The van der Waals surface area contributed by atoms with E-state index in [1.54, 1.807) is 13.3 Å². The number of nitrogens with zero attached hydrogens (tertiary/aromatic N) is 1. The molecule has 0 aliphatic rings. The van der Waals surface area contributed by atoms with Gasteiger partial charge in [-0.25, -0.2) is 4.98 Å². The van der Waals surface area contributed by atoms with E-state index in [1.165, 1.54) is 0 Å². The lowest BCUT2D eigenvalue weighted by Crippen LogP contribution is -1.96. The number of methoxy groups -OCH3 is 1. The molecule has 0 bridgehead atoms. The zero-order chi connectivity index (χ0) is 8.27. The van der Waals surface area contributed by atoms with Crippen molar-refractivity contribution in [3.63, 3.8) is 0 Å². The highest BCUT2D eigenvalue weighted by Crippen LogP contribution is 2.17. The van der Waals surface area contributed by atoms with Crippen molar-refractivity contribution in [2.75, 3.05) is 12.8 Å². The van der Waals surface area contributed by atoms with Crippen molar-refractivity contribution in [1.82, 2.24) is 4.98 Å². The third kappa shape index (κ3) is 1.61. The molecule has 3 nitrogen and oxygen atoms in total. The lowest BCUT2D eigenvalue weighted by atomic mass is 10.2. The van der Waals surface area contributed by atoms with Crippen LogP contribution in [0, 0.1) is 0 Å². The van der Waals surface area contributed by atoms with Crippen molar-refractivity contribution < 1.29 is 4.74 Å². The van der Waals surface area contributed by atoms with Crippen LogP contribution in [0.25, 0.3) is 0 Å². The first kappa shape index (κ1) is 7.85. The Labute approximate surface area is 66.2 Å². The molecule has 0 saturated carbocycles. The third-order valence-corrected chi connectivity index (χ3v) is 1.52. The summed E-state index contributed by atoms with van der Waals surface area (Å²) < 4.78 is 5.02. The first-order chi connectivity index (χ1) is 5.27. The Morgan fingerprint density at radius 3 is 2.91 bits per heavy atom. The number of anilines is 1. The van der Waals surface area contributed by atoms with Crippen LogP contribution in [-0.2, 0) is 6.42 Å². The van der Waals surface area contributed by atoms with Crippen molar-refractivity contribution in [3.8, 4) is 5.88 Å². The highest BCUT2D eigenvalue weighted by molar-refractivity contribution is 5.42. The molecule has 1 aromatic heterocycles. The average molecular weight is 152 g/mol. The molecule has 0 aliphatic heterocycles. The van der Waals surface area contributed by atoms with Gasteiger partial charge in [0.05, 0.1) is 19.0 Å². The lowest BCUT2D eigenvalue weighted by molar-refractivity contribution is 0.393. The summed E-state index contributed by atoms with van der Waals surface area (Å²) in [6, 6.07) is 1.88. The van der Waals surface area contributed by atoms with Crippen LogP contribution in [-0.4, -0.2) is 12.1 Å². The molecule has 0 amide bonds. The fraction of sp³-hybridized carbons (Fsp3) is 0.375. The van der Waals surface area contributed by atoms with Gasteiger partial charge in [-0.2, -0.15) is 0 Å². The Balaban J connectivity index is 3.06. The van der Waals surface area contributed by atoms with Crippen LogP contribution >= 0.6 is 0 Å². The Morgan fingerprint density at radius 2 is 2.36 bits per heavy atom. The molecule has 0 aromatic carbocycles. The molecule has 0 atom stereocenters. The lowest BCUT2D eigenvalue weighted by Gasteiger charge is -2.04. The minimum Gasteiger partial charge on any atom is -0.481 e. The van der Waals surface area contributed by atoms with Crippen LogP contribution in [0.5, 0.6) is 5.88 Å². The molecule has 1 heterocycles. The summed E-state index contributed by atoms with van der Waals surface area (Å²) >= 11 is 0. The van der Waals surface area contributed by atoms with Gasteiger partial charge in [-0.05, 0) is 12.5 Å². The highest BCUT2D eigenvalue weighted by Gasteiger charge is 2.00. The number of nitrogen functional groups attached to an aromatic ring is 1. The fourth-order valence-corrected chi connectivity index (χ4v) is 0.953. The molecular weight excluding hydrogens is 140 g/mol. The molecule has 60 valence electrons. The monoisotopic (exact) mass is 152 g/mol. The molecule has 0 fully saturated rings. The Morgan fingerprint density at radius 1 is 1.64 bits per heavy atom. The minimum absolute atomic E-state index is 0.668. The van der Waals surface area contributed by atoms with Crippen LogP contribution in [0.4, 0.5) is 5.69 Å². The van der Waals surface area contributed by atoms with Crippen LogP contribution in [0.1, 0.15) is 12.5 Å². The van der Waals surface area contributed by atoms with Crippen molar-refractivity contribution >= 4 is 5.69 Å². The zero-order valence-electron chi connectivity index (χ0n) is 6.79. The Bertz CT molecular complexity index is 248. The average Bonchev–Trinajstić information content (AvgIpc) is 2.04. The van der Waals surface area contributed by atoms with E-state index in [4.69, 9.17) is 10.5 Å². The number of ether oxygens (including phenoxy) is 1. The molecule has 0 aliphatic carbocycles. The van der Waals surface area contributed by atoms with Crippen LogP contribution < -0.4 is 10.5 Å². The Kier molecular flexibility index (Phi) is 2.31. The first-order valence-corrected chi connectivity index (χ1v) is 3.56. The second-order valence-corrected chi connectivity index (χ2v) is 2.29. The molecule has 0 radical (unpaired) electrons. The summed E-state index contributed by atoms with van der Waals surface area (Å²) in [5, 5.41) is 0. The van der Waals surface area contributed by atoms with Gasteiger partial charge < -0.3 is 10.5 Å². The van der Waals surface area contributed by atoms with Gasteiger partial charge in [-0.1, -0.05) is 6.92 Å². The smallest absolute Gasteiger partial charge is 0.216 e. The van der Waals surface area contributed by atoms with E-state index < -0.39 is 0 Å². The van der Waals surface area contributed by atoms with E-state index >= 15 is 0 Å². The molecule has 0 saturated heterocycles. The quantitative estimate of drug-likeness (QED) is 0.693. The number of nitrogens with two attached hydrogens (primary N) is 1. The van der Waals surface area contributed by atoms with Crippen LogP contribution in [0.3, 0.4) is 0 Å². The van der Waals surface area contributed by atoms with Crippen molar-refractivity contribution in [3.05, 3.63) is 17.8 Å². The van der Waals surface area contributed by atoms with Crippen LogP contribution in [0.2, 0.25) is 0 Å². The van der Waals surface area contributed by atoms with E-state index in [2.05, 4.69) is 4.98 Å². The van der Waals surface area contributed by atoms with Crippen molar-refractivity contribution in [2.24, 2.45) is 0 Å². The van der Waals surface area contributed by atoms with Gasteiger partial charge in [0, 0.05) is 5.56 Å². The maximum absolute atomic E-state index is 5.54. The molecular formula is C8H12N2O. The predicted octanol–water partition coefficient (Wildman–Crippen LogP) is 1.23. The molecule has 3 heteroatoms. The van der Waals surface area contributed by atoms with Gasteiger partial charge in [-0.15, -0.1) is 0 Å². The number of aryl methyl sites for hydroxylation is 1. The van der Waals surface area contributed by atoms with E-state index in [1.807, 2.05) is 13.0 Å². The second-order valence-electron chi connectivity index (χ2n) is 2.29. The van der Waals surface area contributed by atoms with Gasteiger partial charge in [0.1, 0.15) is 0 Å². The summed E-state index contributed by atoms with van der Waals surface area (Å²) in [4.78, 5) is 4.02. The first-order valence-electron chi connectivity index (χ1n) is 3.56. The summed E-state index contributed by atoms with van der Waals surface area (Å²) in [7, 11) is 1.61. The maximum atomic E-state index is 5.54. The molecule has 2 N–H and O–H groups in total. The van der Waals surface area contributed by atoms with E-state index in [9.17, 15) is 0 Å². The summed E-state index contributed by atoms with van der Waals surface area (Å²) in [5.41, 5.74) is 7.27. The number of hydrogen-bond donors (Lipinski definition) is 1. The van der Waals surface area contributed by atoms with Gasteiger partial charge in [-0.3, -0.25) is 0 Å². The molecule has 0 unspecified atom stereocenters. The van der Waals surface area contributed by atoms with Gasteiger partial charge >= 0.3 is 0 Å². The van der Waals surface area contributed by atoms with Crippen molar-refractivity contribution in [1.29, 1.82) is 0 Å². The number of hydrogen-bond acceptors (Lipinski definition) is 3. The SMILES string of the molecule is CCc1cc(N)cnc1OC. The number of aromatic nitrogens is 1. The normalized spacial score (nSPS) is 9.64. The van der Waals surface area contributed by atoms with Gasteiger partial charge in [0.25, 0.3) is 0 Å². The fourth-order valence-electron chi connectivity index (χ4n) is 0.953. The van der Waals surface area contributed by atoms with E-state index in [0.29, 0.717) is 11.6 Å². The molecule has 1 aromatic rings. The van der Waals surface area contributed by atoms with Crippen molar-refractivity contribution in [2.45, 2.75) is 13.3 Å². The third-order valence-electron chi connectivity index (χ3n) is 1.52. The number of pyridine rings is 1. The summed E-state index contributed by atoms with van der Waals surface area (Å²) in [6.07, 6.45) is 2.49. The topological polar surface area (TPSA) is 48.1 Å². The minimum atomic E-state index is 0.668. The van der Waals surface area contributed by atoms with E-state index in [0.717, 1.165) is 12.0 Å². The molecule has 11 heavy (non-hydrogen) atoms. The zero-order valence-corrected chi connectivity index (χ0v) is 6.79. The van der Waals surface area contributed by atoms with E-state index in [-0.39, 0.29) is 0 Å². The standard InChI is InChI=1S/C8H12N2O/c1-3-6-4-7(9)5-10-8(6)11-2/h4-5H,3,9H2,1-2H3.